The van der Waals surface area contributed by atoms with Crippen molar-refractivity contribution in [1.29, 1.82) is 0 Å². The molecule has 0 radical (unpaired) electrons. The van der Waals surface area contributed by atoms with Crippen molar-refractivity contribution < 1.29 is 23.0 Å². The number of ether oxygens (including phenoxy) is 1. The van der Waals surface area contributed by atoms with E-state index in [1.807, 2.05) is 0 Å². The van der Waals surface area contributed by atoms with Crippen LogP contribution in [0.5, 0.6) is 0 Å². The highest BCUT2D eigenvalue weighted by molar-refractivity contribution is 4.74. The molecule has 0 aromatic rings. The summed E-state index contributed by atoms with van der Waals surface area (Å²) in [7, 11) is 0. The maximum Gasteiger partial charge on any atom is 0.401 e. The van der Waals surface area contributed by atoms with Gasteiger partial charge in [0, 0.05) is 13.1 Å². The minimum atomic E-state index is -4.11. The molecule has 0 bridgehead atoms. The smallest absolute Gasteiger partial charge is 0.394 e. The lowest BCUT2D eigenvalue weighted by Crippen LogP contribution is -2.42. The van der Waals surface area contributed by atoms with Gasteiger partial charge in [-0.2, -0.15) is 13.2 Å². The molecule has 0 aromatic heterocycles. The number of likely N-dealkylation sites (tertiary alicyclic amines) is 1. The van der Waals surface area contributed by atoms with Crippen LogP contribution >= 0.6 is 0 Å². The van der Waals surface area contributed by atoms with Crippen LogP contribution < -0.4 is 0 Å². The van der Waals surface area contributed by atoms with Crippen LogP contribution in [0, 0.1) is 0 Å². The number of rotatable bonds is 4. The van der Waals surface area contributed by atoms with Gasteiger partial charge >= 0.3 is 6.18 Å². The molecule has 1 fully saturated rings. The van der Waals surface area contributed by atoms with E-state index in [-0.39, 0.29) is 19.3 Å². The van der Waals surface area contributed by atoms with Gasteiger partial charge < -0.3 is 9.84 Å². The SMILES string of the molecule is OCCOC1CCN(CC(F)(F)F)CC1. The molecule has 90 valence electrons. The van der Waals surface area contributed by atoms with Crippen LogP contribution in [-0.4, -0.2) is 55.1 Å². The molecule has 3 nitrogen and oxygen atoms in total. The van der Waals surface area contributed by atoms with Crippen LogP contribution in [0.4, 0.5) is 13.2 Å². The second-order valence-electron chi connectivity index (χ2n) is 3.69. The molecular formula is C9H16F3NO2. The molecule has 0 amide bonds. The maximum atomic E-state index is 12.0. The van der Waals surface area contributed by atoms with Crippen LogP contribution in [0.2, 0.25) is 0 Å². The molecule has 1 N–H and O–H groups in total. The van der Waals surface area contributed by atoms with Gasteiger partial charge in [0.1, 0.15) is 0 Å². The number of alkyl halides is 3. The van der Waals surface area contributed by atoms with Crippen molar-refractivity contribution in [1.82, 2.24) is 4.90 Å². The van der Waals surface area contributed by atoms with Crippen molar-refractivity contribution in [2.45, 2.75) is 25.1 Å². The topological polar surface area (TPSA) is 32.7 Å². The fraction of sp³-hybridized carbons (Fsp3) is 1.00. The van der Waals surface area contributed by atoms with Crippen molar-refractivity contribution in [3.8, 4) is 0 Å². The van der Waals surface area contributed by atoms with E-state index in [4.69, 9.17) is 9.84 Å². The van der Waals surface area contributed by atoms with Crippen LogP contribution in [0.3, 0.4) is 0 Å². The van der Waals surface area contributed by atoms with E-state index < -0.39 is 12.7 Å². The quantitative estimate of drug-likeness (QED) is 0.778. The fourth-order valence-corrected chi connectivity index (χ4v) is 1.71. The van der Waals surface area contributed by atoms with Gasteiger partial charge in [0.25, 0.3) is 0 Å². The van der Waals surface area contributed by atoms with Gasteiger partial charge in [0.15, 0.2) is 0 Å². The molecule has 0 spiro atoms. The monoisotopic (exact) mass is 227 g/mol. The Hall–Kier alpha value is -0.330. The average molecular weight is 227 g/mol. The summed E-state index contributed by atoms with van der Waals surface area (Å²) in [5.74, 6) is 0. The number of hydrogen-bond acceptors (Lipinski definition) is 3. The normalized spacial score (nSPS) is 20.8. The Morgan fingerprint density at radius 3 is 2.33 bits per heavy atom. The Kier molecular flexibility index (Phi) is 4.82. The van der Waals surface area contributed by atoms with Crippen molar-refractivity contribution in [3.05, 3.63) is 0 Å². The number of hydrogen-bond donors (Lipinski definition) is 1. The Bertz CT molecular complexity index is 179. The zero-order chi connectivity index (χ0) is 11.3. The Morgan fingerprint density at radius 2 is 1.87 bits per heavy atom. The number of aliphatic hydroxyl groups is 1. The maximum absolute atomic E-state index is 12.0. The van der Waals surface area contributed by atoms with Gasteiger partial charge in [-0.1, -0.05) is 0 Å². The van der Waals surface area contributed by atoms with Gasteiger partial charge in [0.2, 0.25) is 0 Å². The summed E-state index contributed by atoms with van der Waals surface area (Å²) in [6, 6.07) is 0. The lowest BCUT2D eigenvalue weighted by molar-refractivity contribution is -0.151. The first-order chi connectivity index (χ1) is 7.01. The highest BCUT2D eigenvalue weighted by atomic mass is 19.4. The fourth-order valence-electron chi connectivity index (χ4n) is 1.71. The van der Waals surface area contributed by atoms with Crippen LogP contribution in [0.25, 0.3) is 0 Å². The lowest BCUT2D eigenvalue weighted by atomic mass is 10.1. The molecule has 0 aliphatic carbocycles. The molecule has 1 rings (SSSR count). The number of nitrogens with zero attached hydrogens (tertiary/aromatic N) is 1. The van der Waals surface area contributed by atoms with E-state index in [1.54, 1.807) is 0 Å². The Labute approximate surface area is 86.8 Å². The second kappa shape index (κ2) is 5.67. The summed E-state index contributed by atoms with van der Waals surface area (Å²) in [4.78, 5) is 1.39. The third-order valence-corrected chi connectivity index (χ3v) is 2.38. The minimum absolute atomic E-state index is 0.00151. The van der Waals surface area contributed by atoms with Crippen molar-refractivity contribution >= 4 is 0 Å². The van der Waals surface area contributed by atoms with Gasteiger partial charge in [-0.15, -0.1) is 0 Å². The van der Waals surface area contributed by atoms with Gasteiger partial charge in [-0.3, -0.25) is 4.90 Å². The summed E-state index contributed by atoms with van der Waals surface area (Å²) in [5, 5.41) is 8.52. The zero-order valence-corrected chi connectivity index (χ0v) is 8.46. The van der Waals surface area contributed by atoms with Crippen molar-refractivity contribution in [2.75, 3.05) is 32.8 Å². The highest BCUT2D eigenvalue weighted by Gasteiger charge is 2.32. The van der Waals surface area contributed by atoms with Crippen molar-refractivity contribution in [2.24, 2.45) is 0 Å². The summed E-state index contributed by atoms with van der Waals surface area (Å²) in [6.07, 6.45) is -2.90. The first kappa shape index (κ1) is 12.7. The van der Waals surface area contributed by atoms with E-state index in [2.05, 4.69) is 0 Å². The molecule has 15 heavy (non-hydrogen) atoms. The van der Waals surface area contributed by atoms with Gasteiger partial charge in [0.05, 0.1) is 25.9 Å². The van der Waals surface area contributed by atoms with E-state index in [0.717, 1.165) is 0 Å². The zero-order valence-electron chi connectivity index (χ0n) is 8.46. The van der Waals surface area contributed by atoms with E-state index in [1.165, 1.54) is 4.90 Å². The first-order valence-electron chi connectivity index (χ1n) is 5.03. The Morgan fingerprint density at radius 1 is 1.27 bits per heavy atom. The Balaban J connectivity index is 2.18. The van der Waals surface area contributed by atoms with E-state index >= 15 is 0 Å². The predicted molar refractivity (Wildman–Crippen MR) is 48.6 cm³/mol. The number of aliphatic hydroxyl groups excluding tert-OH is 1. The van der Waals surface area contributed by atoms with Gasteiger partial charge in [-0.05, 0) is 12.8 Å². The highest BCUT2D eigenvalue weighted by Crippen LogP contribution is 2.20. The van der Waals surface area contributed by atoms with Gasteiger partial charge in [-0.25, -0.2) is 0 Å². The first-order valence-corrected chi connectivity index (χ1v) is 5.03. The van der Waals surface area contributed by atoms with Crippen LogP contribution in [0.1, 0.15) is 12.8 Å². The summed E-state index contributed by atoms with van der Waals surface area (Å²) < 4.78 is 41.4. The molecular weight excluding hydrogens is 211 g/mol. The standard InChI is InChI=1S/C9H16F3NO2/c10-9(11,12)7-13-3-1-8(2-4-13)15-6-5-14/h8,14H,1-7H2. The molecule has 1 aliphatic heterocycles. The summed E-state index contributed by atoms with van der Waals surface area (Å²) in [5.41, 5.74) is 0. The van der Waals surface area contributed by atoms with Crippen molar-refractivity contribution in [3.63, 3.8) is 0 Å². The molecule has 1 saturated heterocycles. The molecule has 6 heteroatoms. The molecule has 1 aliphatic rings. The molecule has 0 unspecified atom stereocenters. The average Bonchev–Trinajstić information content (AvgIpc) is 2.14. The van der Waals surface area contributed by atoms with E-state index in [9.17, 15) is 13.2 Å². The van der Waals surface area contributed by atoms with E-state index in [0.29, 0.717) is 25.9 Å². The molecule has 0 aromatic carbocycles. The molecule has 0 saturated carbocycles. The molecule has 1 heterocycles. The summed E-state index contributed by atoms with van der Waals surface area (Å²) in [6.45, 7) is 0.220. The third-order valence-electron chi connectivity index (χ3n) is 2.38. The second-order valence-corrected chi connectivity index (χ2v) is 3.69. The predicted octanol–water partition coefficient (Wildman–Crippen LogP) is 1.02. The number of halogens is 3. The van der Waals surface area contributed by atoms with Crippen LogP contribution in [0.15, 0.2) is 0 Å². The third kappa shape index (κ3) is 5.34. The minimum Gasteiger partial charge on any atom is -0.394 e. The largest absolute Gasteiger partial charge is 0.401 e. The number of piperidine rings is 1. The summed E-state index contributed by atoms with van der Waals surface area (Å²) >= 11 is 0. The lowest BCUT2D eigenvalue weighted by Gasteiger charge is -2.32. The molecule has 0 atom stereocenters. The van der Waals surface area contributed by atoms with Crippen LogP contribution in [-0.2, 0) is 4.74 Å².